The van der Waals surface area contributed by atoms with Crippen LogP contribution in [0.1, 0.15) is 50.7 Å². The van der Waals surface area contributed by atoms with E-state index in [1.165, 1.54) is 13.8 Å². The third kappa shape index (κ3) is 5.43. The first-order valence-corrected chi connectivity index (χ1v) is 6.76. The lowest BCUT2D eigenvalue weighted by Gasteiger charge is -2.15. The van der Waals surface area contributed by atoms with Crippen LogP contribution in [0.25, 0.3) is 0 Å². The predicted molar refractivity (Wildman–Crippen MR) is 76.5 cm³/mol. The van der Waals surface area contributed by atoms with Gasteiger partial charge in [-0.3, -0.25) is 9.59 Å². The fourth-order valence-electron chi connectivity index (χ4n) is 1.83. The smallest absolute Gasteiger partial charge is 0.302 e. The lowest BCUT2D eigenvalue weighted by atomic mass is 9.96. The molecule has 0 amide bonds. The summed E-state index contributed by atoms with van der Waals surface area (Å²) in [7, 11) is 0. The summed E-state index contributed by atoms with van der Waals surface area (Å²) in [6.07, 6.45) is 0. The molecular weight excluding hydrogens is 256 g/mol. The minimum absolute atomic E-state index is 0.164. The van der Waals surface area contributed by atoms with Gasteiger partial charge in [0, 0.05) is 25.7 Å². The molecule has 0 unspecified atom stereocenters. The Morgan fingerprint density at radius 1 is 0.850 bits per heavy atom. The molecule has 0 saturated carbocycles. The molecule has 0 aliphatic heterocycles. The van der Waals surface area contributed by atoms with Crippen molar-refractivity contribution in [3.05, 3.63) is 35.4 Å². The van der Waals surface area contributed by atoms with Crippen molar-refractivity contribution in [3.8, 4) is 0 Å². The fraction of sp³-hybridized carbons (Fsp3) is 0.500. The number of benzene rings is 1. The molecule has 0 heterocycles. The highest BCUT2D eigenvalue weighted by Crippen LogP contribution is 2.21. The first kappa shape index (κ1) is 16.2. The predicted octanol–water partition coefficient (Wildman–Crippen LogP) is 3.02. The SMILES string of the molecule is CC(=O)OC[C@H](C)c1ccc([C@@H](C)COC(C)=O)cc1. The highest BCUT2D eigenvalue weighted by atomic mass is 16.5. The highest BCUT2D eigenvalue weighted by Gasteiger charge is 2.10. The summed E-state index contributed by atoms with van der Waals surface area (Å²) in [5, 5.41) is 0. The van der Waals surface area contributed by atoms with Crippen molar-refractivity contribution >= 4 is 11.9 Å². The average Bonchev–Trinajstić information content (AvgIpc) is 2.42. The number of hydrogen-bond acceptors (Lipinski definition) is 4. The fourth-order valence-corrected chi connectivity index (χ4v) is 1.83. The Morgan fingerprint density at radius 3 is 1.40 bits per heavy atom. The van der Waals surface area contributed by atoms with E-state index in [2.05, 4.69) is 0 Å². The van der Waals surface area contributed by atoms with Gasteiger partial charge in [0.1, 0.15) is 0 Å². The van der Waals surface area contributed by atoms with Crippen molar-refractivity contribution in [2.75, 3.05) is 13.2 Å². The molecule has 0 fully saturated rings. The summed E-state index contributed by atoms with van der Waals surface area (Å²) in [5.41, 5.74) is 2.24. The van der Waals surface area contributed by atoms with Crippen molar-refractivity contribution in [1.82, 2.24) is 0 Å². The Hall–Kier alpha value is -1.84. The molecule has 0 aliphatic rings. The summed E-state index contributed by atoms with van der Waals surface area (Å²) in [6.45, 7) is 7.62. The zero-order valence-corrected chi connectivity index (χ0v) is 12.5. The highest BCUT2D eigenvalue weighted by molar-refractivity contribution is 5.66. The Labute approximate surface area is 120 Å². The Bertz CT molecular complexity index is 407. The molecule has 0 radical (unpaired) electrons. The van der Waals surface area contributed by atoms with Crippen molar-refractivity contribution in [2.45, 2.75) is 39.5 Å². The Morgan fingerprint density at radius 2 is 1.15 bits per heavy atom. The van der Waals surface area contributed by atoms with Gasteiger partial charge in [0.05, 0.1) is 13.2 Å². The quantitative estimate of drug-likeness (QED) is 0.751. The summed E-state index contributed by atoms with van der Waals surface area (Å²) in [4.78, 5) is 21.6. The average molecular weight is 278 g/mol. The van der Waals surface area contributed by atoms with Crippen molar-refractivity contribution < 1.29 is 19.1 Å². The maximum Gasteiger partial charge on any atom is 0.302 e. The number of rotatable bonds is 6. The van der Waals surface area contributed by atoms with Gasteiger partial charge >= 0.3 is 11.9 Å². The molecule has 0 bridgehead atoms. The molecule has 0 saturated heterocycles. The third-order valence-electron chi connectivity index (χ3n) is 3.15. The molecule has 0 aromatic heterocycles. The zero-order chi connectivity index (χ0) is 15.1. The van der Waals surface area contributed by atoms with E-state index in [-0.39, 0.29) is 23.8 Å². The minimum atomic E-state index is -0.261. The van der Waals surface area contributed by atoms with E-state index < -0.39 is 0 Å². The number of ether oxygens (including phenoxy) is 2. The molecule has 0 spiro atoms. The molecule has 1 aromatic rings. The number of carbonyl (C=O) groups is 2. The number of esters is 2. The van der Waals surface area contributed by atoms with Crippen LogP contribution in [0.2, 0.25) is 0 Å². The monoisotopic (exact) mass is 278 g/mol. The Kier molecular flexibility index (Phi) is 6.22. The number of carbonyl (C=O) groups excluding carboxylic acids is 2. The van der Waals surface area contributed by atoms with Crippen LogP contribution in [0, 0.1) is 0 Å². The van der Waals surface area contributed by atoms with Crippen LogP contribution in [-0.4, -0.2) is 25.2 Å². The van der Waals surface area contributed by atoms with Crippen LogP contribution in [0.5, 0.6) is 0 Å². The van der Waals surface area contributed by atoms with Gasteiger partial charge in [-0.2, -0.15) is 0 Å². The molecule has 1 aromatic carbocycles. The van der Waals surface area contributed by atoms with E-state index in [1.807, 2.05) is 38.1 Å². The van der Waals surface area contributed by atoms with Crippen LogP contribution >= 0.6 is 0 Å². The maximum absolute atomic E-state index is 10.8. The second-order valence-corrected chi connectivity index (χ2v) is 5.07. The van der Waals surface area contributed by atoms with Gasteiger partial charge in [0.25, 0.3) is 0 Å². The second-order valence-electron chi connectivity index (χ2n) is 5.07. The van der Waals surface area contributed by atoms with Gasteiger partial charge in [-0.05, 0) is 11.1 Å². The normalized spacial score (nSPS) is 13.4. The van der Waals surface area contributed by atoms with Crippen LogP contribution in [0.4, 0.5) is 0 Å². The van der Waals surface area contributed by atoms with Crippen LogP contribution < -0.4 is 0 Å². The Balaban J connectivity index is 2.58. The van der Waals surface area contributed by atoms with Gasteiger partial charge in [0.15, 0.2) is 0 Å². The van der Waals surface area contributed by atoms with E-state index in [4.69, 9.17) is 9.47 Å². The first-order chi connectivity index (χ1) is 9.40. The van der Waals surface area contributed by atoms with Crippen molar-refractivity contribution in [2.24, 2.45) is 0 Å². The lowest BCUT2D eigenvalue weighted by Crippen LogP contribution is -2.09. The van der Waals surface area contributed by atoms with Crippen LogP contribution in [0.15, 0.2) is 24.3 Å². The molecule has 4 nitrogen and oxygen atoms in total. The lowest BCUT2D eigenvalue weighted by molar-refractivity contribution is -0.142. The first-order valence-electron chi connectivity index (χ1n) is 6.76. The summed E-state index contributed by atoms with van der Waals surface area (Å²) >= 11 is 0. The molecule has 20 heavy (non-hydrogen) atoms. The molecule has 2 atom stereocenters. The van der Waals surface area contributed by atoms with Gasteiger partial charge < -0.3 is 9.47 Å². The largest absolute Gasteiger partial charge is 0.465 e. The molecule has 110 valence electrons. The summed E-state index contributed by atoms with van der Waals surface area (Å²) < 4.78 is 10.0. The van der Waals surface area contributed by atoms with E-state index in [0.29, 0.717) is 13.2 Å². The second kappa shape index (κ2) is 7.68. The van der Waals surface area contributed by atoms with E-state index in [9.17, 15) is 9.59 Å². The van der Waals surface area contributed by atoms with E-state index in [1.54, 1.807) is 0 Å². The van der Waals surface area contributed by atoms with Gasteiger partial charge in [-0.15, -0.1) is 0 Å². The van der Waals surface area contributed by atoms with E-state index in [0.717, 1.165) is 11.1 Å². The van der Waals surface area contributed by atoms with Gasteiger partial charge in [-0.1, -0.05) is 38.1 Å². The third-order valence-corrected chi connectivity index (χ3v) is 3.15. The van der Waals surface area contributed by atoms with Crippen molar-refractivity contribution in [3.63, 3.8) is 0 Å². The van der Waals surface area contributed by atoms with Crippen LogP contribution in [-0.2, 0) is 19.1 Å². The minimum Gasteiger partial charge on any atom is -0.465 e. The molecule has 0 aliphatic carbocycles. The molecular formula is C16H22O4. The molecule has 0 N–H and O–H groups in total. The van der Waals surface area contributed by atoms with Crippen LogP contribution in [0.3, 0.4) is 0 Å². The zero-order valence-electron chi connectivity index (χ0n) is 12.5. The number of hydrogen-bond donors (Lipinski definition) is 0. The van der Waals surface area contributed by atoms with Gasteiger partial charge in [-0.25, -0.2) is 0 Å². The topological polar surface area (TPSA) is 52.6 Å². The molecule has 4 heteroatoms. The molecule has 1 rings (SSSR count). The van der Waals surface area contributed by atoms with Gasteiger partial charge in [0.2, 0.25) is 0 Å². The maximum atomic E-state index is 10.8. The summed E-state index contributed by atoms with van der Waals surface area (Å²) in [6, 6.07) is 8.09. The summed E-state index contributed by atoms with van der Waals surface area (Å²) in [5.74, 6) is -0.194. The van der Waals surface area contributed by atoms with Crippen molar-refractivity contribution in [1.29, 1.82) is 0 Å². The standard InChI is InChI=1S/C16H22O4/c1-11(9-19-13(3)17)15-5-7-16(8-6-15)12(2)10-20-14(4)18/h5-8,11-12H,9-10H2,1-4H3/t11-,12-/m0/s1. The van der Waals surface area contributed by atoms with E-state index >= 15 is 0 Å².